The van der Waals surface area contributed by atoms with Crippen molar-refractivity contribution in [2.24, 2.45) is 0 Å². The van der Waals surface area contributed by atoms with E-state index in [2.05, 4.69) is 34.7 Å². The largest absolute Gasteiger partial charge is 0.363 e. The van der Waals surface area contributed by atoms with E-state index in [9.17, 15) is 0 Å². The monoisotopic (exact) mass is 229 g/mol. The van der Waals surface area contributed by atoms with Gasteiger partial charge in [0.05, 0.1) is 17.7 Å². The minimum Gasteiger partial charge on any atom is -0.363 e. The van der Waals surface area contributed by atoms with Gasteiger partial charge in [-0.15, -0.1) is 0 Å². The second-order valence-electron chi connectivity index (χ2n) is 3.46. The third-order valence-electron chi connectivity index (χ3n) is 2.30. The SMILES string of the molecule is CC(Nc1cc(C#N)ccn1)c1ccsc1. The Labute approximate surface area is 98.4 Å². The molecule has 0 amide bonds. The van der Waals surface area contributed by atoms with Gasteiger partial charge in [-0.25, -0.2) is 4.98 Å². The molecule has 0 radical (unpaired) electrons. The van der Waals surface area contributed by atoms with Crippen LogP contribution in [0.3, 0.4) is 0 Å². The van der Waals surface area contributed by atoms with Gasteiger partial charge in [-0.05, 0) is 41.4 Å². The summed E-state index contributed by atoms with van der Waals surface area (Å²) in [5.41, 5.74) is 1.85. The Hall–Kier alpha value is -1.86. The molecular formula is C12H11N3S. The molecule has 0 aromatic carbocycles. The van der Waals surface area contributed by atoms with Crippen molar-refractivity contribution in [3.63, 3.8) is 0 Å². The lowest BCUT2D eigenvalue weighted by molar-refractivity contribution is 0.880. The Bertz CT molecular complexity index is 499. The lowest BCUT2D eigenvalue weighted by Gasteiger charge is -2.12. The predicted molar refractivity (Wildman–Crippen MR) is 65.3 cm³/mol. The summed E-state index contributed by atoms with van der Waals surface area (Å²) in [5, 5.41) is 16.2. The van der Waals surface area contributed by atoms with Gasteiger partial charge < -0.3 is 5.32 Å². The molecule has 0 saturated carbocycles. The van der Waals surface area contributed by atoms with Crippen LogP contribution in [0.5, 0.6) is 0 Å². The van der Waals surface area contributed by atoms with Crippen LogP contribution in [0.1, 0.15) is 24.1 Å². The highest BCUT2D eigenvalue weighted by Crippen LogP contribution is 2.20. The van der Waals surface area contributed by atoms with Gasteiger partial charge >= 0.3 is 0 Å². The van der Waals surface area contributed by atoms with Crippen molar-refractivity contribution >= 4 is 17.2 Å². The summed E-state index contributed by atoms with van der Waals surface area (Å²) < 4.78 is 0. The van der Waals surface area contributed by atoms with Crippen molar-refractivity contribution in [3.8, 4) is 6.07 Å². The van der Waals surface area contributed by atoms with E-state index < -0.39 is 0 Å². The molecule has 2 aromatic rings. The lowest BCUT2D eigenvalue weighted by Crippen LogP contribution is -2.06. The van der Waals surface area contributed by atoms with Crippen LogP contribution < -0.4 is 5.32 Å². The van der Waals surface area contributed by atoms with Crippen LogP contribution in [0, 0.1) is 11.3 Å². The van der Waals surface area contributed by atoms with Crippen molar-refractivity contribution < 1.29 is 0 Å². The van der Waals surface area contributed by atoms with E-state index >= 15 is 0 Å². The Morgan fingerprint density at radius 1 is 1.50 bits per heavy atom. The van der Waals surface area contributed by atoms with Crippen molar-refractivity contribution in [2.75, 3.05) is 5.32 Å². The average Bonchev–Trinajstić information content (AvgIpc) is 2.83. The van der Waals surface area contributed by atoms with Crippen LogP contribution in [0.15, 0.2) is 35.2 Å². The Morgan fingerprint density at radius 3 is 3.06 bits per heavy atom. The fourth-order valence-electron chi connectivity index (χ4n) is 1.41. The Kier molecular flexibility index (Phi) is 3.18. The summed E-state index contributed by atoms with van der Waals surface area (Å²) in [7, 11) is 0. The molecule has 3 nitrogen and oxygen atoms in total. The first-order valence-electron chi connectivity index (χ1n) is 4.94. The van der Waals surface area contributed by atoms with Gasteiger partial charge in [-0.2, -0.15) is 16.6 Å². The molecule has 16 heavy (non-hydrogen) atoms. The molecule has 80 valence electrons. The zero-order valence-corrected chi connectivity index (χ0v) is 9.66. The van der Waals surface area contributed by atoms with E-state index in [0.29, 0.717) is 5.56 Å². The van der Waals surface area contributed by atoms with Crippen molar-refractivity contribution in [3.05, 3.63) is 46.3 Å². The molecule has 0 saturated heterocycles. The summed E-state index contributed by atoms with van der Waals surface area (Å²) >= 11 is 1.67. The van der Waals surface area contributed by atoms with Gasteiger partial charge in [0, 0.05) is 6.20 Å². The summed E-state index contributed by atoms with van der Waals surface area (Å²) in [5.74, 6) is 0.734. The minimum atomic E-state index is 0.202. The quantitative estimate of drug-likeness (QED) is 0.879. The molecule has 4 heteroatoms. The number of pyridine rings is 1. The van der Waals surface area contributed by atoms with Crippen LogP contribution in [0.2, 0.25) is 0 Å². The number of nitrogens with one attached hydrogen (secondary N) is 1. The average molecular weight is 229 g/mol. The maximum absolute atomic E-state index is 8.78. The first-order valence-corrected chi connectivity index (χ1v) is 5.88. The van der Waals surface area contributed by atoms with Gasteiger partial charge in [0.2, 0.25) is 0 Å². The third-order valence-corrected chi connectivity index (χ3v) is 3.00. The van der Waals surface area contributed by atoms with Crippen molar-refractivity contribution in [1.29, 1.82) is 5.26 Å². The second-order valence-corrected chi connectivity index (χ2v) is 4.24. The molecule has 0 fully saturated rings. The molecule has 0 spiro atoms. The number of aromatic nitrogens is 1. The maximum Gasteiger partial charge on any atom is 0.127 e. The van der Waals surface area contributed by atoms with Gasteiger partial charge in [0.1, 0.15) is 5.82 Å². The number of anilines is 1. The summed E-state index contributed by atoms with van der Waals surface area (Å²) in [6.07, 6.45) is 1.64. The van der Waals surface area contributed by atoms with E-state index in [4.69, 9.17) is 5.26 Å². The Balaban J connectivity index is 2.12. The number of thiophene rings is 1. The third kappa shape index (κ3) is 2.38. The van der Waals surface area contributed by atoms with Crippen LogP contribution in [-0.4, -0.2) is 4.98 Å². The van der Waals surface area contributed by atoms with Gasteiger partial charge in [0.25, 0.3) is 0 Å². The summed E-state index contributed by atoms with van der Waals surface area (Å²) in [4.78, 5) is 4.18. The molecular weight excluding hydrogens is 218 g/mol. The number of nitriles is 1. The number of rotatable bonds is 3. The second kappa shape index (κ2) is 4.77. The minimum absolute atomic E-state index is 0.202. The highest BCUT2D eigenvalue weighted by molar-refractivity contribution is 7.07. The van der Waals surface area contributed by atoms with Crippen LogP contribution >= 0.6 is 11.3 Å². The predicted octanol–water partition coefficient (Wildman–Crippen LogP) is 3.19. The van der Waals surface area contributed by atoms with E-state index in [0.717, 1.165) is 5.82 Å². The molecule has 1 N–H and O–H groups in total. The zero-order valence-electron chi connectivity index (χ0n) is 8.84. The van der Waals surface area contributed by atoms with E-state index in [-0.39, 0.29) is 6.04 Å². The van der Waals surface area contributed by atoms with Crippen molar-refractivity contribution in [2.45, 2.75) is 13.0 Å². The van der Waals surface area contributed by atoms with Crippen LogP contribution in [0.4, 0.5) is 5.82 Å². The fraction of sp³-hybridized carbons (Fsp3) is 0.167. The molecule has 0 bridgehead atoms. The van der Waals surface area contributed by atoms with E-state index in [1.165, 1.54) is 5.56 Å². The number of hydrogen-bond acceptors (Lipinski definition) is 4. The Morgan fingerprint density at radius 2 is 2.38 bits per heavy atom. The topological polar surface area (TPSA) is 48.7 Å². The molecule has 0 aliphatic heterocycles. The standard InChI is InChI=1S/C12H11N3S/c1-9(11-3-5-16-8-11)15-12-6-10(7-13)2-4-14-12/h2-6,8-9H,1H3,(H,14,15). The first-order chi connectivity index (χ1) is 7.79. The van der Waals surface area contributed by atoms with Crippen LogP contribution in [0.25, 0.3) is 0 Å². The molecule has 0 aliphatic carbocycles. The fourth-order valence-corrected chi connectivity index (χ4v) is 2.16. The van der Waals surface area contributed by atoms with Gasteiger partial charge in [-0.1, -0.05) is 0 Å². The summed E-state index contributed by atoms with van der Waals surface area (Å²) in [6, 6.07) is 7.83. The zero-order chi connectivity index (χ0) is 11.4. The summed E-state index contributed by atoms with van der Waals surface area (Å²) in [6.45, 7) is 2.07. The van der Waals surface area contributed by atoms with E-state index in [1.54, 1.807) is 29.7 Å². The highest BCUT2D eigenvalue weighted by Gasteiger charge is 2.06. The molecule has 2 aromatic heterocycles. The van der Waals surface area contributed by atoms with Crippen LogP contribution in [-0.2, 0) is 0 Å². The van der Waals surface area contributed by atoms with Gasteiger partial charge in [-0.3, -0.25) is 0 Å². The number of hydrogen-bond donors (Lipinski definition) is 1. The molecule has 1 atom stereocenters. The first kappa shape index (κ1) is 10.7. The molecule has 0 aliphatic rings. The van der Waals surface area contributed by atoms with Crippen molar-refractivity contribution in [1.82, 2.24) is 4.98 Å². The molecule has 2 rings (SSSR count). The number of nitrogens with zero attached hydrogens (tertiary/aromatic N) is 2. The maximum atomic E-state index is 8.78. The van der Waals surface area contributed by atoms with Gasteiger partial charge in [0.15, 0.2) is 0 Å². The smallest absolute Gasteiger partial charge is 0.127 e. The van der Waals surface area contributed by atoms with E-state index in [1.807, 2.05) is 5.38 Å². The normalized spacial score (nSPS) is 11.8. The highest BCUT2D eigenvalue weighted by atomic mass is 32.1. The molecule has 2 heterocycles. The lowest BCUT2D eigenvalue weighted by atomic mass is 10.2. The molecule has 1 unspecified atom stereocenters.